The van der Waals surface area contributed by atoms with E-state index < -0.39 is 5.60 Å². The van der Waals surface area contributed by atoms with Gasteiger partial charge in [-0.2, -0.15) is 0 Å². The lowest BCUT2D eigenvalue weighted by Gasteiger charge is -2.44. The molecule has 1 aliphatic heterocycles. The van der Waals surface area contributed by atoms with Crippen molar-refractivity contribution in [3.05, 3.63) is 60.2 Å². The number of amides is 1. The highest BCUT2D eigenvalue weighted by Gasteiger charge is 2.35. The Balaban J connectivity index is 1.62. The zero-order valence-corrected chi connectivity index (χ0v) is 18.8. The molecule has 5 nitrogen and oxygen atoms in total. The molecule has 162 valence electrons. The third kappa shape index (κ3) is 5.91. The van der Waals surface area contributed by atoms with Crippen LogP contribution in [0.25, 0.3) is 0 Å². The Bertz CT molecular complexity index is 813. The molecule has 0 saturated carbocycles. The first kappa shape index (κ1) is 22.0. The van der Waals surface area contributed by atoms with Gasteiger partial charge in [-0.3, -0.25) is 0 Å². The summed E-state index contributed by atoms with van der Waals surface area (Å²) in [6.07, 6.45) is -0.217. The number of piperazine rings is 1. The van der Waals surface area contributed by atoms with E-state index in [0.717, 1.165) is 30.1 Å². The minimum atomic E-state index is -0.481. The van der Waals surface area contributed by atoms with E-state index in [0.29, 0.717) is 19.1 Å². The Morgan fingerprint density at radius 2 is 1.70 bits per heavy atom. The highest BCUT2D eigenvalue weighted by atomic mass is 16.6. The Kier molecular flexibility index (Phi) is 6.91. The summed E-state index contributed by atoms with van der Waals surface area (Å²) in [5.41, 5.74) is 1.82. The van der Waals surface area contributed by atoms with Gasteiger partial charge in [0.25, 0.3) is 0 Å². The number of rotatable bonds is 5. The average molecular weight is 411 g/mol. The van der Waals surface area contributed by atoms with E-state index in [1.54, 1.807) is 0 Å². The fraction of sp³-hybridized carbons (Fsp3) is 0.480. The van der Waals surface area contributed by atoms with Gasteiger partial charge in [0.2, 0.25) is 0 Å². The second kappa shape index (κ2) is 9.41. The quantitative estimate of drug-likeness (QED) is 0.667. The van der Waals surface area contributed by atoms with Crippen LogP contribution < -0.4 is 9.64 Å². The number of hydrogen-bond donors (Lipinski definition) is 0. The van der Waals surface area contributed by atoms with Crippen molar-refractivity contribution in [2.45, 2.75) is 52.9 Å². The van der Waals surface area contributed by atoms with Crippen molar-refractivity contribution in [3.63, 3.8) is 0 Å². The van der Waals surface area contributed by atoms with E-state index in [2.05, 4.69) is 43.0 Å². The van der Waals surface area contributed by atoms with Crippen molar-refractivity contribution >= 4 is 11.8 Å². The molecule has 5 heteroatoms. The van der Waals surface area contributed by atoms with Crippen LogP contribution in [0.2, 0.25) is 0 Å². The summed E-state index contributed by atoms with van der Waals surface area (Å²) in [4.78, 5) is 16.9. The zero-order chi connectivity index (χ0) is 21.7. The van der Waals surface area contributed by atoms with Crippen LogP contribution in [0.1, 0.15) is 40.2 Å². The van der Waals surface area contributed by atoms with Crippen molar-refractivity contribution in [2.75, 3.05) is 24.5 Å². The molecule has 1 amide bonds. The van der Waals surface area contributed by atoms with E-state index in [4.69, 9.17) is 9.47 Å². The van der Waals surface area contributed by atoms with E-state index in [9.17, 15) is 4.79 Å². The van der Waals surface area contributed by atoms with E-state index in [-0.39, 0.29) is 12.1 Å². The Hall–Kier alpha value is -2.69. The second-order valence-corrected chi connectivity index (χ2v) is 9.20. The molecule has 2 aromatic carbocycles. The van der Waals surface area contributed by atoms with Gasteiger partial charge in [0.15, 0.2) is 0 Å². The maximum Gasteiger partial charge on any atom is 0.410 e. The highest BCUT2D eigenvalue weighted by molar-refractivity contribution is 5.69. The zero-order valence-electron chi connectivity index (χ0n) is 18.8. The topological polar surface area (TPSA) is 42.0 Å². The van der Waals surface area contributed by atoms with Crippen LogP contribution in [0.4, 0.5) is 10.5 Å². The number of carbonyl (C=O) groups is 1. The van der Waals surface area contributed by atoms with Gasteiger partial charge in [-0.05, 0) is 56.5 Å². The van der Waals surface area contributed by atoms with Gasteiger partial charge in [0.1, 0.15) is 18.0 Å². The fourth-order valence-corrected chi connectivity index (χ4v) is 3.66. The van der Waals surface area contributed by atoms with Crippen LogP contribution >= 0.6 is 0 Å². The van der Waals surface area contributed by atoms with Crippen molar-refractivity contribution in [3.8, 4) is 5.75 Å². The molecule has 1 fully saturated rings. The minimum absolute atomic E-state index is 0.114. The summed E-state index contributed by atoms with van der Waals surface area (Å²) in [5.74, 6) is 1.20. The van der Waals surface area contributed by atoms with Gasteiger partial charge < -0.3 is 19.3 Å². The van der Waals surface area contributed by atoms with Crippen molar-refractivity contribution in [1.29, 1.82) is 0 Å². The molecule has 3 rings (SSSR count). The number of anilines is 1. The van der Waals surface area contributed by atoms with Crippen LogP contribution in [-0.4, -0.2) is 42.3 Å². The second-order valence-electron chi connectivity index (χ2n) is 9.20. The molecule has 1 aliphatic rings. The molecule has 2 aromatic rings. The molecular weight excluding hydrogens is 376 g/mol. The molecule has 1 saturated heterocycles. The minimum Gasteiger partial charge on any atom is -0.489 e. The van der Waals surface area contributed by atoms with Crippen molar-refractivity contribution in [2.24, 2.45) is 5.92 Å². The van der Waals surface area contributed by atoms with Gasteiger partial charge in [0.05, 0.1) is 6.04 Å². The molecule has 0 spiro atoms. The lowest BCUT2D eigenvalue weighted by atomic mass is 9.99. The summed E-state index contributed by atoms with van der Waals surface area (Å²) in [6.45, 7) is 12.8. The van der Waals surface area contributed by atoms with Crippen LogP contribution in [0.3, 0.4) is 0 Å². The largest absolute Gasteiger partial charge is 0.489 e. The average Bonchev–Trinajstić information content (AvgIpc) is 2.71. The smallest absolute Gasteiger partial charge is 0.410 e. The number of hydrogen-bond acceptors (Lipinski definition) is 4. The van der Waals surface area contributed by atoms with E-state index >= 15 is 0 Å². The molecule has 1 atom stereocenters. The molecule has 1 heterocycles. The lowest BCUT2D eigenvalue weighted by Crippen LogP contribution is -2.58. The number of nitrogens with zero attached hydrogens (tertiary/aromatic N) is 2. The molecule has 0 N–H and O–H groups in total. The predicted molar refractivity (Wildman–Crippen MR) is 121 cm³/mol. The summed E-state index contributed by atoms with van der Waals surface area (Å²) < 4.78 is 11.5. The van der Waals surface area contributed by atoms with Crippen LogP contribution in [0, 0.1) is 5.92 Å². The number of ether oxygens (including phenoxy) is 2. The van der Waals surface area contributed by atoms with Crippen LogP contribution in [0.5, 0.6) is 5.75 Å². The Labute approximate surface area is 180 Å². The monoisotopic (exact) mass is 410 g/mol. The predicted octanol–water partition coefficient (Wildman–Crippen LogP) is 5.35. The molecular formula is C25H34N2O3. The van der Waals surface area contributed by atoms with E-state index in [1.165, 1.54) is 0 Å². The highest BCUT2D eigenvalue weighted by Crippen LogP contribution is 2.26. The Morgan fingerprint density at radius 3 is 2.30 bits per heavy atom. The van der Waals surface area contributed by atoms with Crippen molar-refractivity contribution in [1.82, 2.24) is 4.90 Å². The summed E-state index contributed by atoms with van der Waals surface area (Å²) in [6, 6.07) is 18.5. The van der Waals surface area contributed by atoms with Gasteiger partial charge in [0, 0.05) is 25.3 Å². The third-order valence-corrected chi connectivity index (χ3v) is 5.27. The standard InChI is InChI=1S/C25H34N2O3/c1-19(2)23-17-26(15-16-27(23)24(28)30-25(3,4)5)21-11-13-22(14-12-21)29-18-20-9-7-6-8-10-20/h6-14,19,23H,15-18H2,1-5H3/t23-/m1/s1. The summed E-state index contributed by atoms with van der Waals surface area (Å²) in [5, 5.41) is 0. The summed E-state index contributed by atoms with van der Waals surface area (Å²) in [7, 11) is 0. The Morgan fingerprint density at radius 1 is 1.03 bits per heavy atom. The SMILES string of the molecule is CC(C)[C@H]1CN(c2ccc(OCc3ccccc3)cc2)CCN1C(=O)OC(C)(C)C. The molecule has 0 bridgehead atoms. The van der Waals surface area contributed by atoms with Gasteiger partial charge in [-0.15, -0.1) is 0 Å². The first-order valence-corrected chi connectivity index (χ1v) is 10.7. The lowest BCUT2D eigenvalue weighted by molar-refractivity contribution is 0.00883. The molecule has 0 unspecified atom stereocenters. The first-order chi connectivity index (χ1) is 14.2. The van der Waals surface area contributed by atoms with Crippen LogP contribution in [-0.2, 0) is 11.3 Å². The van der Waals surface area contributed by atoms with Gasteiger partial charge in [-0.1, -0.05) is 44.2 Å². The fourth-order valence-electron chi connectivity index (χ4n) is 3.66. The third-order valence-electron chi connectivity index (χ3n) is 5.27. The van der Waals surface area contributed by atoms with Gasteiger partial charge in [-0.25, -0.2) is 4.79 Å². The normalized spacial score (nSPS) is 17.2. The van der Waals surface area contributed by atoms with Crippen LogP contribution in [0.15, 0.2) is 54.6 Å². The molecule has 0 aromatic heterocycles. The van der Waals surface area contributed by atoms with Gasteiger partial charge >= 0.3 is 6.09 Å². The molecule has 30 heavy (non-hydrogen) atoms. The maximum absolute atomic E-state index is 12.7. The number of carbonyl (C=O) groups excluding carboxylic acids is 1. The number of benzene rings is 2. The maximum atomic E-state index is 12.7. The van der Waals surface area contributed by atoms with E-state index in [1.807, 2.05) is 56.0 Å². The van der Waals surface area contributed by atoms with Crippen molar-refractivity contribution < 1.29 is 14.3 Å². The molecule has 0 radical (unpaired) electrons. The molecule has 0 aliphatic carbocycles. The summed E-state index contributed by atoms with van der Waals surface area (Å²) >= 11 is 0. The first-order valence-electron chi connectivity index (χ1n) is 10.7.